The predicted molar refractivity (Wildman–Crippen MR) is 98.9 cm³/mol. The zero-order valence-electron chi connectivity index (χ0n) is 14.3. The van der Waals surface area contributed by atoms with Crippen molar-refractivity contribution in [1.82, 2.24) is 19.7 Å². The predicted octanol–water partition coefficient (Wildman–Crippen LogP) is 2.96. The van der Waals surface area contributed by atoms with E-state index in [0.717, 1.165) is 35.9 Å². The van der Waals surface area contributed by atoms with Crippen LogP contribution in [0.25, 0.3) is 11.4 Å². The van der Waals surface area contributed by atoms with Gasteiger partial charge in [-0.15, -0.1) is 10.2 Å². The first kappa shape index (κ1) is 18.2. The van der Waals surface area contributed by atoms with Crippen LogP contribution in [-0.4, -0.2) is 58.1 Å². The smallest absolute Gasteiger partial charge is 0.235 e. The summed E-state index contributed by atoms with van der Waals surface area (Å²) in [6.07, 6.45) is 1.66. The van der Waals surface area contributed by atoms with E-state index in [0.29, 0.717) is 18.2 Å². The molecular formula is C17H21ClN4O2S. The lowest BCUT2D eigenvalue weighted by molar-refractivity contribution is -0.126. The molecule has 0 bridgehead atoms. The number of rotatable bonds is 7. The molecule has 0 radical (unpaired) electrons. The zero-order valence-corrected chi connectivity index (χ0v) is 15.9. The molecule has 1 aliphatic heterocycles. The van der Waals surface area contributed by atoms with Gasteiger partial charge in [0.1, 0.15) is 0 Å². The van der Waals surface area contributed by atoms with Gasteiger partial charge in [0, 0.05) is 39.4 Å². The van der Waals surface area contributed by atoms with Crippen LogP contribution in [0.3, 0.4) is 0 Å². The van der Waals surface area contributed by atoms with Crippen molar-refractivity contribution in [3.8, 4) is 11.4 Å². The third-order valence-corrected chi connectivity index (χ3v) is 5.75. The monoisotopic (exact) mass is 380 g/mol. The fourth-order valence-electron chi connectivity index (χ4n) is 2.81. The third kappa shape index (κ3) is 3.99. The number of likely N-dealkylation sites (tertiary alicyclic amines) is 1. The summed E-state index contributed by atoms with van der Waals surface area (Å²) in [5, 5.41) is 9.98. The molecule has 1 unspecified atom stereocenters. The van der Waals surface area contributed by atoms with E-state index in [1.54, 1.807) is 12.0 Å². The summed E-state index contributed by atoms with van der Waals surface area (Å²) in [4.78, 5) is 14.0. The SMILES string of the molecule is COCCCn1c(SC2CCN(C)C2=O)nnc1-c1ccccc1Cl. The average Bonchev–Trinajstić information content (AvgIpc) is 3.14. The Bertz CT molecular complexity index is 752. The van der Waals surface area contributed by atoms with Crippen molar-refractivity contribution in [1.29, 1.82) is 0 Å². The highest BCUT2D eigenvalue weighted by Crippen LogP contribution is 2.33. The minimum atomic E-state index is -0.102. The first-order valence-electron chi connectivity index (χ1n) is 8.20. The number of hydrogen-bond donors (Lipinski definition) is 0. The Balaban J connectivity index is 1.90. The van der Waals surface area contributed by atoms with Gasteiger partial charge in [-0.25, -0.2) is 0 Å². The number of amides is 1. The number of methoxy groups -OCH3 is 1. The quantitative estimate of drug-likeness (QED) is 0.691. The van der Waals surface area contributed by atoms with Gasteiger partial charge in [0.15, 0.2) is 11.0 Å². The maximum absolute atomic E-state index is 12.2. The molecule has 1 fully saturated rings. The number of halogens is 1. The first-order valence-corrected chi connectivity index (χ1v) is 9.46. The van der Waals surface area contributed by atoms with E-state index in [1.807, 2.05) is 35.9 Å². The highest BCUT2D eigenvalue weighted by molar-refractivity contribution is 8.00. The molecule has 3 rings (SSSR count). The number of ether oxygens (including phenoxy) is 1. The van der Waals surface area contributed by atoms with Crippen LogP contribution < -0.4 is 0 Å². The van der Waals surface area contributed by atoms with Gasteiger partial charge in [0.2, 0.25) is 5.91 Å². The summed E-state index contributed by atoms with van der Waals surface area (Å²) < 4.78 is 7.20. The molecule has 0 saturated carbocycles. The fraction of sp³-hybridized carbons (Fsp3) is 0.471. The maximum Gasteiger partial charge on any atom is 0.235 e. The van der Waals surface area contributed by atoms with Gasteiger partial charge < -0.3 is 14.2 Å². The largest absolute Gasteiger partial charge is 0.385 e. The Hall–Kier alpha value is -1.57. The van der Waals surface area contributed by atoms with Crippen molar-refractivity contribution in [2.24, 2.45) is 0 Å². The lowest BCUT2D eigenvalue weighted by Crippen LogP contribution is -2.24. The van der Waals surface area contributed by atoms with Gasteiger partial charge in [-0.3, -0.25) is 4.79 Å². The van der Waals surface area contributed by atoms with Crippen molar-refractivity contribution in [2.45, 2.75) is 29.8 Å². The summed E-state index contributed by atoms with van der Waals surface area (Å²) in [5.74, 6) is 0.874. The van der Waals surface area contributed by atoms with E-state index < -0.39 is 0 Å². The molecule has 25 heavy (non-hydrogen) atoms. The van der Waals surface area contributed by atoms with Crippen molar-refractivity contribution in [3.05, 3.63) is 29.3 Å². The van der Waals surface area contributed by atoms with Gasteiger partial charge in [0.25, 0.3) is 0 Å². The van der Waals surface area contributed by atoms with Crippen LogP contribution in [0.15, 0.2) is 29.4 Å². The number of benzene rings is 1. The van der Waals surface area contributed by atoms with E-state index in [9.17, 15) is 4.79 Å². The molecule has 1 amide bonds. The van der Waals surface area contributed by atoms with Gasteiger partial charge in [-0.2, -0.15) is 0 Å². The normalized spacial score (nSPS) is 17.5. The summed E-state index contributed by atoms with van der Waals surface area (Å²) in [6, 6.07) is 7.59. The highest BCUT2D eigenvalue weighted by Gasteiger charge is 2.32. The summed E-state index contributed by atoms with van der Waals surface area (Å²) in [6.45, 7) is 2.14. The molecule has 1 aliphatic rings. The fourth-order valence-corrected chi connectivity index (χ4v) is 4.18. The van der Waals surface area contributed by atoms with Gasteiger partial charge in [-0.05, 0) is 25.0 Å². The number of thioether (sulfide) groups is 1. The number of nitrogens with zero attached hydrogens (tertiary/aromatic N) is 4. The highest BCUT2D eigenvalue weighted by atomic mass is 35.5. The molecule has 1 atom stereocenters. The third-order valence-electron chi connectivity index (χ3n) is 4.19. The molecule has 8 heteroatoms. The van der Waals surface area contributed by atoms with Crippen molar-refractivity contribution < 1.29 is 9.53 Å². The zero-order chi connectivity index (χ0) is 17.8. The van der Waals surface area contributed by atoms with Crippen LogP contribution >= 0.6 is 23.4 Å². The average molecular weight is 381 g/mol. The van der Waals surface area contributed by atoms with E-state index >= 15 is 0 Å². The van der Waals surface area contributed by atoms with Crippen LogP contribution in [0.2, 0.25) is 5.02 Å². The summed E-state index contributed by atoms with van der Waals surface area (Å²) in [5.41, 5.74) is 0.843. The summed E-state index contributed by atoms with van der Waals surface area (Å²) in [7, 11) is 3.52. The van der Waals surface area contributed by atoms with Crippen LogP contribution in [0.1, 0.15) is 12.8 Å². The molecule has 0 N–H and O–H groups in total. The molecule has 2 aromatic rings. The first-order chi connectivity index (χ1) is 12.1. The number of hydrogen-bond acceptors (Lipinski definition) is 5. The van der Waals surface area contributed by atoms with E-state index in [2.05, 4.69) is 10.2 Å². The Labute approximate surface area is 156 Å². The lowest BCUT2D eigenvalue weighted by Gasteiger charge is -2.13. The molecule has 0 spiro atoms. The molecule has 6 nitrogen and oxygen atoms in total. The molecule has 134 valence electrons. The van der Waals surface area contributed by atoms with Crippen LogP contribution in [0.4, 0.5) is 0 Å². The Morgan fingerprint density at radius 3 is 2.84 bits per heavy atom. The van der Waals surface area contributed by atoms with Gasteiger partial charge >= 0.3 is 0 Å². The topological polar surface area (TPSA) is 60.2 Å². The van der Waals surface area contributed by atoms with E-state index in [1.165, 1.54) is 11.8 Å². The standard InChI is InChI=1S/C17H21ClN4O2S/c1-21-10-8-14(16(21)23)25-17-20-19-15(22(17)9-5-11-24-2)12-6-3-4-7-13(12)18/h3-4,6-7,14H,5,8-11H2,1-2H3. The van der Waals surface area contributed by atoms with E-state index in [4.69, 9.17) is 16.3 Å². The second kappa shape index (κ2) is 8.21. The molecular weight excluding hydrogens is 360 g/mol. The molecule has 1 aromatic carbocycles. The summed E-state index contributed by atoms with van der Waals surface area (Å²) >= 11 is 7.82. The van der Waals surface area contributed by atoms with E-state index in [-0.39, 0.29) is 11.2 Å². The minimum absolute atomic E-state index is 0.102. The maximum atomic E-state index is 12.2. The van der Waals surface area contributed by atoms with Gasteiger partial charge in [-0.1, -0.05) is 35.5 Å². The van der Waals surface area contributed by atoms with Crippen molar-refractivity contribution in [2.75, 3.05) is 27.3 Å². The van der Waals surface area contributed by atoms with Gasteiger partial charge in [0.05, 0.1) is 10.3 Å². The second-order valence-electron chi connectivity index (χ2n) is 5.94. The molecule has 1 aromatic heterocycles. The molecule has 1 saturated heterocycles. The minimum Gasteiger partial charge on any atom is -0.385 e. The van der Waals surface area contributed by atoms with Crippen LogP contribution in [0, 0.1) is 0 Å². The number of carbonyl (C=O) groups excluding carboxylic acids is 1. The Morgan fingerprint density at radius 1 is 1.36 bits per heavy atom. The van der Waals surface area contributed by atoms with Crippen molar-refractivity contribution in [3.63, 3.8) is 0 Å². The van der Waals surface area contributed by atoms with Crippen LogP contribution in [0.5, 0.6) is 0 Å². The Morgan fingerprint density at radius 2 is 2.16 bits per heavy atom. The second-order valence-corrected chi connectivity index (χ2v) is 7.52. The number of aromatic nitrogens is 3. The number of carbonyl (C=O) groups is 1. The Kier molecular flexibility index (Phi) is 5.98. The molecule has 2 heterocycles. The lowest BCUT2D eigenvalue weighted by atomic mass is 10.2. The van der Waals surface area contributed by atoms with Crippen LogP contribution in [-0.2, 0) is 16.1 Å². The molecule has 0 aliphatic carbocycles. The van der Waals surface area contributed by atoms with Crippen molar-refractivity contribution >= 4 is 29.3 Å².